The van der Waals surface area contributed by atoms with Gasteiger partial charge in [0.2, 0.25) is 0 Å². The molecule has 3 N–H and O–H groups in total. The van der Waals surface area contributed by atoms with E-state index in [-0.39, 0.29) is 30.0 Å². The number of nitrogens with zero attached hydrogens (tertiary/aromatic N) is 4. The molecule has 7 heteroatoms. The van der Waals surface area contributed by atoms with Gasteiger partial charge in [-0.2, -0.15) is 0 Å². The third-order valence-electron chi connectivity index (χ3n) is 2.47. The molecule has 20 heavy (non-hydrogen) atoms. The van der Waals surface area contributed by atoms with Gasteiger partial charge in [0.05, 0.1) is 6.54 Å². The number of nitrogens with one attached hydrogen (secondary N) is 1. The van der Waals surface area contributed by atoms with E-state index in [0.717, 1.165) is 11.4 Å². The molecule has 0 radical (unpaired) electrons. The molecule has 0 aliphatic carbocycles. The fraction of sp³-hybridized carbons (Fsp3) is 0.308. The summed E-state index contributed by atoms with van der Waals surface area (Å²) in [6, 6.07) is 4.14. The first kappa shape index (κ1) is 16.4. The zero-order valence-electron chi connectivity index (χ0n) is 11.5. The van der Waals surface area contributed by atoms with E-state index in [1.165, 1.54) is 0 Å². The van der Waals surface area contributed by atoms with E-state index in [2.05, 4.69) is 20.3 Å². The minimum atomic E-state index is 0. The molecule has 108 valence electrons. The highest BCUT2D eigenvalue weighted by molar-refractivity contribution is 14.0. The molecule has 0 fully saturated rings. The zero-order valence-corrected chi connectivity index (χ0v) is 13.9. The number of guanidine groups is 1. The fourth-order valence-electron chi connectivity index (χ4n) is 1.68. The van der Waals surface area contributed by atoms with Gasteiger partial charge in [0.15, 0.2) is 5.96 Å². The van der Waals surface area contributed by atoms with Crippen molar-refractivity contribution >= 4 is 29.9 Å². The highest BCUT2D eigenvalue weighted by atomic mass is 127. The number of aromatic nitrogens is 3. The number of aliphatic imine (C=N–C) groups is 1. The fourth-order valence-corrected chi connectivity index (χ4v) is 1.68. The summed E-state index contributed by atoms with van der Waals surface area (Å²) in [6.45, 7) is 4.51. The highest BCUT2D eigenvalue weighted by Gasteiger charge is 2.05. The number of imidazole rings is 1. The highest BCUT2D eigenvalue weighted by Crippen LogP contribution is 2.11. The summed E-state index contributed by atoms with van der Waals surface area (Å²) in [7, 11) is 0. The van der Waals surface area contributed by atoms with Crippen LogP contribution in [-0.2, 0) is 6.54 Å². The van der Waals surface area contributed by atoms with E-state index >= 15 is 0 Å². The quantitative estimate of drug-likeness (QED) is 0.476. The summed E-state index contributed by atoms with van der Waals surface area (Å²) < 4.78 is 1.86. The smallest absolute Gasteiger partial charge is 0.189 e. The first-order chi connectivity index (χ1) is 9.16. The average Bonchev–Trinajstić information content (AvgIpc) is 2.89. The molecule has 0 aliphatic rings. The number of hydrogen-bond donors (Lipinski definition) is 2. The van der Waals surface area contributed by atoms with Crippen molar-refractivity contribution in [2.24, 2.45) is 10.7 Å². The Morgan fingerprint density at radius 3 is 2.90 bits per heavy atom. The molecule has 2 aromatic heterocycles. The van der Waals surface area contributed by atoms with Gasteiger partial charge in [-0.25, -0.2) is 15.0 Å². The van der Waals surface area contributed by atoms with Gasteiger partial charge >= 0.3 is 0 Å². The maximum atomic E-state index is 5.79. The molecule has 0 bridgehead atoms. The lowest BCUT2D eigenvalue weighted by Gasteiger charge is -2.10. The van der Waals surface area contributed by atoms with E-state index in [1.807, 2.05) is 36.7 Å². The minimum absolute atomic E-state index is 0. The zero-order chi connectivity index (χ0) is 13.7. The molecule has 0 amide bonds. The SMILES string of the molecule is CC(C)NC(N)=NCc1cccnc1-n1ccnc1.I. The van der Waals surface area contributed by atoms with Gasteiger partial charge in [-0.1, -0.05) is 6.07 Å². The second-order valence-corrected chi connectivity index (χ2v) is 4.46. The van der Waals surface area contributed by atoms with Crippen LogP contribution in [0.15, 0.2) is 42.0 Å². The number of nitrogens with two attached hydrogens (primary N) is 1. The van der Waals surface area contributed by atoms with E-state index in [9.17, 15) is 0 Å². The summed E-state index contributed by atoms with van der Waals surface area (Å²) >= 11 is 0. The molecule has 0 atom stereocenters. The van der Waals surface area contributed by atoms with Crippen molar-refractivity contribution in [3.05, 3.63) is 42.6 Å². The van der Waals surface area contributed by atoms with Crippen molar-refractivity contribution < 1.29 is 0 Å². The van der Waals surface area contributed by atoms with Crippen LogP contribution in [0.3, 0.4) is 0 Å². The van der Waals surface area contributed by atoms with E-state index in [0.29, 0.717) is 12.5 Å². The molecule has 2 heterocycles. The van der Waals surface area contributed by atoms with Gasteiger partial charge in [0.1, 0.15) is 12.1 Å². The predicted octanol–water partition coefficient (Wildman–Crippen LogP) is 1.70. The van der Waals surface area contributed by atoms with Gasteiger partial charge in [-0.05, 0) is 19.9 Å². The Morgan fingerprint density at radius 2 is 2.25 bits per heavy atom. The topological polar surface area (TPSA) is 81.1 Å². The van der Waals surface area contributed by atoms with Crippen LogP contribution in [0.1, 0.15) is 19.4 Å². The van der Waals surface area contributed by atoms with Crippen molar-refractivity contribution in [3.8, 4) is 5.82 Å². The molecule has 0 spiro atoms. The standard InChI is InChI=1S/C13H18N6.HI/c1-10(2)18-13(14)17-8-11-4-3-5-16-12(11)19-7-6-15-9-19;/h3-7,9-10H,8H2,1-2H3,(H3,14,17,18);1H. The molecule has 2 aromatic rings. The molecule has 6 nitrogen and oxygen atoms in total. The third-order valence-corrected chi connectivity index (χ3v) is 2.47. The molecule has 2 rings (SSSR count). The Balaban J connectivity index is 0.00000200. The van der Waals surface area contributed by atoms with Crippen LogP contribution in [0.2, 0.25) is 0 Å². The van der Waals surface area contributed by atoms with Gasteiger partial charge in [-0.3, -0.25) is 4.57 Å². The van der Waals surface area contributed by atoms with Crippen molar-refractivity contribution in [2.45, 2.75) is 26.4 Å². The van der Waals surface area contributed by atoms with Gasteiger partial charge in [0, 0.05) is 30.2 Å². The van der Waals surface area contributed by atoms with Crippen LogP contribution in [0, 0.1) is 0 Å². The number of hydrogen-bond acceptors (Lipinski definition) is 3. The third kappa shape index (κ3) is 4.48. The monoisotopic (exact) mass is 386 g/mol. The molecule has 0 saturated heterocycles. The van der Waals surface area contributed by atoms with Crippen LogP contribution >= 0.6 is 24.0 Å². The summed E-state index contributed by atoms with van der Waals surface area (Å²) in [5.74, 6) is 1.26. The van der Waals surface area contributed by atoms with Crippen molar-refractivity contribution in [1.82, 2.24) is 19.9 Å². The maximum Gasteiger partial charge on any atom is 0.189 e. The van der Waals surface area contributed by atoms with Crippen LogP contribution in [0.4, 0.5) is 0 Å². The summed E-state index contributed by atoms with van der Waals surface area (Å²) in [5, 5.41) is 3.06. The van der Waals surface area contributed by atoms with E-state index in [4.69, 9.17) is 5.73 Å². The molecule has 0 aromatic carbocycles. The number of halogens is 1. The van der Waals surface area contributed by atoms with E-state index in [1.54, 1.807) is 18.7 Å². The van der Waals surface area contributed by atoms with Crippen molar-refractivity contribution in [2.75, 3.05) is 0 Å². The Kier molecular flexibility index (Phi) is 6.43. The first-order valence-corrected chi connectivity index (χ1v) is 6.15. The van der Waals surface area contributed by atoms with Gasteiger partial charge in [-0.15, -0.1) is 24.0 Å². The molecule has 0 unspecified atom stereocenters. The minimum Gasteiger partial charge on any atom is -0.370 e. The van der Waals surface area contributed by atoms with E-state index < -0.39 is 0 Å². The van der Waals surface area contributed by atoms with Crippen LogP contribution < -0.4 is 11.1 Å². The first-order valence-electron chi connectivity index (χ1n) is 6.15. The Bertz CT molecular complexity index is 550. The summed E-state index contributed by atoms with van der Waals surface area (Å²) in [5.41, 5.74) is 6.79. The van der Waals surface area contributed by atoms with Crippen molar-refractivity contribution in [1.29, 1.82) is 0 Å². The second-order valence-electron chi connectivity index (χ2n) is 4.46. The second kappa shape index (κ2) is 7.83. The van der Waals surface area contributed by atoms with Crippen LogP contribution in [0.25, 0.3) is 5.82 Å². The largest absolute Gasteiger partial charge is 0.370 e. The van der Waals surface area contributed by atoms with Crippen molar-refractivity contribution in [3.63, 3.8) is 0 Å². The lowest BCUT2D eigenvalue weighted by molar-refractivity contribution is 0.723. The van der Waals surface area contributed by atoms with Crippen LogP contribution in [-0.4, -0.2) is 26.5 Å². The van der Waals surface area contributed by atoms with Gasteiger partial charge in [0.25, 0.3) is 0 Å². The predicted molar refractivity (Wildman–Crippen MR) is 90.4 cm³/mol. The molecular formula is C13H19IN6. The lowest BCUT2D eigenvalue weighted by Crippen LogP contribution is -2.36. The number of rotatable bonds is 4. The maximum absolute atomic E-state index is 5.79. The normalized spacial score (nSPS) is 11.2. The Morgan fingerprint density at radius 1 is 1.45 bits per heavy atom. The molecular weight excluding hydrogens is 367 g/mol. The summed E-state index contributed by atoms with van der Waals surface area (Å²) in [4.78, 5) is 12.7. The van der Waals surface area contributed by atoms with Gasteiger partial charge < -0.3 is 11.1 Å². The number of pyridine rings is 1. The lowest BCUT2D eigenvalue weighted by atomic mass is 10.2. The summed E-state index contributed by atoms with van der Waals surface area (Å²) in [6.07, 6.45) is 7.03. The Labute approximate surface area is 135 Å². The molecule has 0 saturated carbocycles. The van der Waals surface area contributed by atoms with Crippen LogP contribution in [0.5, 0.6) is 0 Å². The average molecular weight is 386 g/mol. The Hall–Kier alpha value is -1.64. The molecule has 0 aliphatic heterocycles.